The second kappa shape index (κ2) is 6.53. The van der Waals surface area contributed by atoms with Crippen LogP contribution in [0.4, 0.5) is 0 Å². The molecule has 0 aliphatic heterocycles. The van der Waals surface area contributed by atoms with Gasteiger partial charge >= 0.3 is 5.97 Å². The first-order valence-corrected chi connectivity index (χ1v) is 8.06. The van der Waals surface area contributed by atoms with Crippen molar-refractivity contribution in [1.29, 1.82) is 0 Å². The maximum atomic E-state index is 11.5. The molecule has 0 saturated carbocycles. The molecule has 0 heterocycles. The molecular formula is C18H17BrO3. The van der Waals surface area contributed by atoms with E-state index in [0.29, 0.717) is 0 Å². The molecule has 3 rings (SSSR count). The summed E-state index contributed by atoms with van der Waals surface area (Å²) in [5, 5.41) is 0. The fourth-order valence-corrected chi connectivity index (χ4v) is 3.18. The Kier molecular flexibility index (Phi) is 4.48. The van der Waals surface area contributed by atoms with Gasteiger partial charge in [0, 0.05) is 10.0 Å². The number of carbonyl (C=O) groups is 1. The minimum atomic E-state index is -0.259. The van der Waals surface area contributed by atoms with Gasteiger partial charge in [-0.3, -0.25) is 4.79 Å². The fraction of sp³-hybridized carbons (Fsp3) is 0.278. The molecule has 0 N–H and O–H groups in total. The average Bonchev–Trinajstić information content (AvgIpc) is 2.91. The van der Waals surface area contributed by atoms with Crippen LogP contribution in [0.3, 0.4) is 0 Å². The third-order valence-corrected chi connectivity index (χ3v) is 4.43. The van der Waals surface area contributed by atoms with Crippen LogP contribution < -0.4 is 4.74 Å². The number of para-hydroxylation sites is 1. The highest BCUT2D eigenvalue weighted by Gasteiger charge is 2.25. The van der Waals surface area contributed by atoms with Crippen molar-refractivity contribution >= 4 is 21.9 Å². The minimum absolute atomic E-state index is 0.0336. The highest BCUT2D eigenvalue weighted by Crippen LogP contribution is 2.37. The summed E-state index contributed by atoms with van der Waals surface area (Å²) in [6.07, 6.45) is 2.24. The molecule has 0 saturated heterocycles. The molecular weight excluding hydrogens is 344 g/mol. The van der Waals surface area contributed by atoms with E-state index in [1.807, 2.05) is 24.3 Å². The molecule has 22 heavy (non-hydrogen) atoms. The van der Waals surface area contributed by atoms with E-state index in [0.717, 1.165) is 28.6 Å². The van der Waals surface area contributed by atoms with Crippen LogP contribution in [0, 0.1) is 0 Å². The van der Waals surface area contributed by atoms with Crippen LogP contribution in [0.5, 0.6) is 5.75 Å². The normalized spacial score (nSPS) is 16.2. The quantitative estimate of drug-likeness (QED) is 0.765. The molecule has 1 unspecified atom stereocenters. The summed E-state index contributed by atoms with van der Waals surface area (Å²) >= 11 is 3.52. The van der Waals surface area contributed by atoms with Crippen LogP contribution in [0.25, 0.3) is 0 Å². The first-order valence-electron chi connectivity index (χ1n) is 7.27. The lowest BCUT2D eigenvalue weighted by molar-refractivity contribution is -0.139. The predicted molar refractivity (Wildman–Crippen MR) is 88.0 cm³/mol. The fourth-order valence-electron chi connectivity index (χ4n) is 2.80. The maximum absolute atomic E-state index is 11.5. The van der Waals surface area contributed by atoms with Crippen LogP contribution in [-0.4, -0.2) is 13.1 Å². The number of halogens is 1. The lowest BCUT2D eigenvalue weighted by Gasteiger charge is -2.17. The Morgan fingerprint density at radius 3 is 2.91 bits per heavy atom. The molecule has 0 radical (unpaired) electrons. The average molecular weight is 361 g/mol. The number of rotatable bonds is 4. The van der Waals surface area contributed by atoms with E-state index in [9.17, 15) is 4.79 Å². The van der Waals surface area contributed by atoms with Crippen molar-refractivity contribution in [3.8, 4) is 5.75 Å². The Balaban J connectivity index is 1.83. The SMILES string of the molecule is COC(=O)Cc1ccccc1OC1CCc2ccc(Br)cc21. The van der Waals surface area contributed by atoms with E-state index >= 15 is 0 Å². The third kappa shape index (κ3) is 3.17. The first kappa shape index (κ1) is 15.1. The molecule has 0 fully saturated rings. The summed E-state index contributed by atoms with van der Waals surface area (Å²) in [6.45, 7) is 0. The first-order chi connectivity index (χ1) is 10.7. The number of hydrogen-bond donors (Lipinski definition) is 0. The Bertz CT molecular complexity index is 696. The minimum Gasteiger partial charge on any atom is -0.485 e. The van der Waals surface area contributed by atoms with Gasteiger partial charge in [-0.15, -0.1) is 0 Å². The van der Waals surface area contributed by atoms with E-state index < -0.39 is 0 Å². The van der Waals surface area contributed by atoms with Gasteiger partial charge in [-0.2, -0.15) is 0 Å². The molecule has 0 aromatic heterocycles. The zero-order chi connectivity index (χ0) is 15.5. The molecule has 2 aromatic carbocycles. The predicted octanol–water partition coefficient (Wildman–Crippen LogP) is 4.23. The summed E-state index contributed by atoms with van der Waals surface area (Å²) in [5.41, 5.74) is 3.42. The molecule has 0 bridgehead atoms. The molecule has 0 spiro atoms. The van der Waals surface area contributed by atoms with Crippen molar-refractivity contribution in [2.45, 2.75) is 25.4 Å². The van der Waals surface area contributed by atoms with E-state index in [1.54, 1.807) is 0 Å². The van der Waals surface area contributed by atoms with E-state index in [1.165, 1.54) is 18.2 Å². The van der Waals surface area contributed by atoms with Gasteiger partial charge in [0.15, 0.2) is 0 Å². The van der Waals surface area contributed by atoms with Crippen molar-refractivity contribution in [3.63, 3.8) is 0 Å². The Morgan fingerprint density at radius 1 is 1.27 bits per heavy atom. The second-order valence-corrected chi connectivity index (χ2v) is 6.26. The summed E-state index contributed by atoms with van der Waals surface area (Å²) < 4.78 is 12.0. The van der Waals surface area contributed by atoms with Crippen LogP contribution >= 0.6 is 15.9 Å². The smallest absolute Gasteiger partial charge is 0.310 e. The van der Waals surface area contributed by atoms with Gasteiger partial charge in [-0.25, -0.2) is 0 Å². The lowest BCUT2D eigenvalue weighted by Crippen LogP contribution is -2.09. The number of hydrogen-bond acceptors (Lipinski definition) is 3. The highest BCUT2D eigenvalue weighted by molar-refractivity contribution is 9.10. The van der Waals surface area contributed by atoms with Gasteiger partial charge in [0.2, 0.25) is 0 Å². The zero-order valence-corrected chi connectivity index (χ0v) is 13.9. The van der Waals surface area contributed by atoms with Gasteiger partial charge in [-0.05, 0) is 42.2 Å². The van der Waals surface area contributed by atoms with Gasteiger partial charge in [-0.1, -0.05) is 40.2 Å². The molecule has 4 heteroatoms. The lowest BCUT2D eigenvalue weighted by atomic mass is 10.1. The van der Waals surface area contributed by atoms with Crippen molar-refractivity contribution < 1.29 is 14.3 Å². The summed E-state index contributed by atoms with van der Waals surface area (Å²) in [4.78, 5) is 11.5. The molecule has 114 valence electrons. The third-order valence-electron chi connectivity index (χ3n) is 3.93. The second-order valence-electron chi connectivity index (χ2n) is 5.35. The largest absolute Gasteiger partial charge is 0.485 e. The van der Waals surface area contributed by atoms with Crippen molar-refractivity contribution in [1.82, 2.24) is 0 Å². The number of fused-ring (bicyclic) bond motifs is 1. The summed E-state index contributed by atoms with van der Waals surface area (Å²) in [6, 6.07) is 14.0. The van der Waals surface area contributed by atoms with Crippen LogP contribution in [0.1, 0.15) is 29.2 Å². The number of ether oxygens (including phenoxy) is 2. The Hall–Kier alpha value is -1.81. The zero-order valence-electron chi connectivity index (χ0n) is 12.3. The molecule has 2 aromatic rings. The summed E-state index contributed by atoms with van der Waals surface area (Å²) in [7, 11) is 1.40. The number of benzene rings is 2. The van der Waals surface area contributed by atoms with Crippen LogP contribution in [0.2, 0.25) is 0 Å². The number of aryl methyl sites for hydroxylation is 1. The van der Waals surface area contributed by atoms with Gasteiger partial charge in [0.25, 0.3) is 0 Å². The molecule has 3 nitrogen and oxygen atoms in total. The van der Waals surface area contributed by atoms with E-state index in [4.69, 9.17) is 9.47 Å². The van der Waals surface area contributed by atoms with E-state index in [-0.39, 0.29) is 18.5 Å². The highest BCUT2D eigenvalue weighted by atomic mass is 79.9. The summed E-state index contributed by atoms with van der Waals surface area (Å²) in [5.74, 6) is 0.497. The number of carbonyl (C=O) groups excluding carboxylic acids is 1. The van der Waals surface area contributed by atoms with Crippen molar-refractivity contribution in [3.05, 3.63) is 63.6 Å². The molecule has 1 aliphatic rings. The van der Waals surface area contributed by atoms with Crippen molar-refractivity contribution in [2.75, 3.05) is 7.11 Å². The van der Waals surface area contributed by atoms with Gasteiger partial charge < -0.3 is 9.47 Å². The van der Waals surface area contributed by atoms with Crippen molar-refractivity contribution in [2.24, 2.45) is 0 Å². The topological polar surface area (TPSA) is 35.5 Å². The van der Waals surface area contributed by atoms with Gasteiger partial charge in [0.1, 0.15) is 11.9 Å². The molecule has 0 amide bonds. The van der Waals surface area contributed by atoms with Crippen LogP contribution in [-0.2, 0) is 22.4 Å². The molecule has 1 atom stereocenters. The number of methoxy groups -OCH3 is 1. The Labute approximate surface area is 138 Å². The molecule has 1 aliphatic carbocycles. The monoisotopic (exact) mass is 360 g/mol. The maximum Gasteiger partial charge on any atom is 0.310 e. The Morgan fingerprint density at radius 2 is 2.09 bits per heavy atom. The van der Waals surface area contributed by atoms with Crippen LogP contribution in [0.15, 0.2) is 46.9 Å². The van der Waals surface area contributed by atoms with E-state index in [2.05, 4.69) is 34.1 Å². The standard InChI is InChI=1S/C18H17BrO3/c1-21-18(20)10-13-4-2-3-5-16(13)22-17-9-7-12-6-8-14(19)11-15(12)17/h2-6,8,11,17H,7,9-10H2,1H3. The number of esters is 1. The van der Waals surface area contributed by atoms with Gasteiger partial charge in [0.05, 0.1) is 13.5 Å².